The van der Waals surface area contributed by atoms with E-state index in [1.165, 1.54) is 12.8 Å². The van der Waals surface area contributed by atoms with Gasteiger partial charge in [-0.05, 0) is 30.5 Å². The van der Waals surface area contributed by atoms with Crippen LogP contribution in [0.4, 0.5) is 5.82 Å². The third-order valence-electron chi connectivity index (χ3n) is 5.10. The lowest BCUT2D eigenvalue weighted by atomic mass is 9.87. The number of aromatic nitrogens is 2. The summed E-state index contributed by atoms with van der Waals surface area (Å²) in [4.78, 5) is 12.3. The number of terminal acetylenes is 1. The van der Waals surface area contributed by atoms with Crippen molar-refractivity contribution in [3.05, 3.63) is 41.6 Å². The Morgan fingerprint density at radius 2 is 2.20 bits per heavy atom. The van der Waals surface area contributed by atoms with Crippen molar-refractivity contribution in [1.29, 1.82) is 0 Å². The molecule has 1 amide bonds. The highest BCUT2D eigenvalue weighted by Crippen LogP contribution is 2.41. The minimum Gasteiger partial charge on any atom is -0.481 e. The second-order valence-electron chi connectivity index (χ2n) is 6.70. The van der Waals surface area contributed by atoms with Gasteiger partial charge in [-0.25, -0.2) is 4.68 Å². The summed E-state index contributed by atoms with van der Waals surface area (Å²) in [6.45, 7) is 0.236. The Morgan fingerprint density at radius 3 is 3.00 bits per heavy atom. The SMILES string of the molecule is C#CCOc1cccc([C@H]2CC(=O)Nc3c2cnn3C2CCCC2)c1. The molecular weight excluding hydrogens is 314 g/mol. The third kappa shape index (κ3) is 3.00. The molecule has 1 aromatic heterocycles. The van der Waals surface area contributed by atoms with E-state index >= 15 is 0 Å². The highest BCUT2D eigenvalue weighted by Gasteiger charge is 2.32. The first-order chi connectivity index (χ1) is 12.3. The Morgan fingerprint density at radius 1 is 1.36 bits per heavy atom. The van der Waals surface area contributed by atoms with Crippen LogP contribution in [0, 0.1) is 12.3 Å². The molecule has 2 heterocycles. The Labute approximate surface area is 147 Å². The summed E-state index contributed by atoms with van der Waals surface area (Å²) in [7, 11) is 0. The number of benzene rings is 1. The van der Waals surface area contributed by atoms with Crippen LogP contribution in [0.25, 0.3) is 0 Å². The molecule has 1 fully saturated rings. The minimum atomic E-state index is -0.00621. The van der Waals surface area contributed by atoms with E-state index in [2.05, 4.69) is 16.3 Å². The maximum atomic E-state index is 12.3. The first kappa shape index (κ1) is 15.8. The summed E-state index contributed by atoms with van der Waals surface area (Å²) in [6, 6.07) is 8.22. The molecule has 0 unspecified atom stereocenters. The van der Waals surface area contributed by atoms with Crippen LogP contribution in [-0.2, 0) is 4.79 Å². The standard InChI is InChI=1S/C20H21N3O2/c1-2-10-25-16-9-5-6-14(11-16)17-12-19(24)22-20-18(17)13-21-23(20)15-7-3-4-8-15/h1,5-6,9,11,13,15,17H,3-4,7-8,10,12H2,(H,22,24)/t17-/m1/s1. The maximum absolute atomic E-state index is 12.3. The fraction of sp³-hybridized carbons (Fsp3) is 0.400. The number of carbonyl (C=O) groups is 1. The zero-order valence-electron chi connectivity index (χ0n) is 14.1. The van der Waals surface area contributed by atoms with Gasteiger partial charge in [0.1, 0.15) is 18.2 Å². The number of rotatable bonds is 4. The van der Waals surface area contributed by atoms with Gasteiger partial charge in [0.05, 0.1) is 12.2 Å². The molecule has 0 spiro atoms. The molecule has 1 aliphatic carbocycles. The monoisotopic (exact) mass is 335 g/mol. The van der Waals surface area contributed by atoms with Crippen LogP contribution in [0.15, 0.2) is 30.5 Å². The fourth-order valence-corrected chi connectivity index (χ4v) is 3.91. The zero-order valence-corrected chi connectivity index (χ0v) is 14.1. The smallest absolute Gasteiger partial charge is 0.226 e. The van der Waals surface area contributed by atoms with E-state index < -0.39 is 0 Å². The zero-order chi connectivity index (χ0) is 17.2. The van der Waals surface area contributed by atoms with E-state index in [-0.39, 0.29) is 18.4 Å². The normalized spacial score (nSPS) is 20.0. The predicted octanol–water partition coefficient (Wildman–Crippen LogP) is 3.48. The molecule has 128 valence electrons. The second kappa shape index (κ2) is 6.64. The number of nitrogens with one attached hydrogen (secondary N) is 1. The van der Waals surface area contributed by atoms with Gasteiger partial charge in [0.25, 0.3) is 0 Å². The summed E-state index contributed by atoms with van der Waals surface area (Å²) in [5.41, 5.74) is 2.14. The van der Waals surface area contributed by atoms with Gasteiger partial charge in [0.15, 0.2) is 0 Å². The van der Waals surface area contributed by atoms with Gasteiger partial charge in [0, 0.05) is 17.9 Å². The topological polar surface area (TPSA) is 56.1 Å². The minimum absolute atomic E-state index is 0.00621. The molecule has 0 bridgehead atoms. The number of nitrogens with zero attached hydrogens (tertiary/aromatic N) is 2. The van der Waals surface area contributed by atoms with Gasteiger partial charge in [-0.15, -0.1) is 6.42 Å². The molecule has 2 aliphatic rings. The Balaban J connectivity index is 1.68. The first-order valence-electron chi connectivity index (χ1n) is 8.79. The number of hydrogen-bond donors (Lipinski definition) is 1. The molecule has 0 radical (unpaired) electrons. The van der Waals surface area contributed by atoms with Crippen molar-refractivity contribution in [3.63, 3.8) is 0 Å². The molecule has 1 aromatic carbocycles. The Kier molecular flexibility index (Phi) is 4.19. The van der Waals surface area contributed by atoms with Crippen LogP contribution in [-0.4, -0.2) is 22.3 Å². The van der Waals surface area contributed by atoms with Gasteiger partial charge >= 0.3 is 0 Å². The van der Waals surface area contributed by atoms with Crippen LogP contribution in [0.5, 0.6) is 5.75 Å². The van der Waals surface area contributed by atoms with E-state index in [9.17, 15) is 4.79 Å². The van der Waals surface area contributed by atoms with Crippen molar-refractivity contribution < 1.29 is 9.53 Å². The molecular formula is C20H21N3O2. The number of carbonyl (C=O) groups excluding carboxylic acids is 1. The van der Waals surface area contributed by atoms with E-state index in [0.717, 1.165) is 35.5 Å². The molecule has 5 heteroatoms. The first-order valence-corrected chi connectivity index (χ1v) is 8.79. The highest BCUT2D eigenvalue weighted by molar-refractivity contribution is 5.94. The van der Waals surface area contributed by atoms with E-state index in [0.29, 0.717) is 12.5 Å². The molecule has 4 rings (SSSR count). The lowest BCUT2D eigenvalue weighted by molar-refractivity contribution is -0.116. The lowest BCUT2D eigenvalue weighted by Crippen LogP contribution is -2.25. The average molecular weight is 335 g/mol. The molecule has 0 saturated heterocycles. The highest BCUT2D eigenvalue weighted by atomic mass is 16.5. The van der Waals surface area contributed by atoms with E-state index in [1.54, 1.807) is 0 Å². The van der Waals surface area contributed by atoms with Gasteiger partial charge in [-0.2, -0.15) is 5.10 Å². The Bertz CT molecular complexity index is 828. The average Bonchev–Trinajstić information content (AvgIpc) is 3.28. The second-order valence-corrected chi connectivity index (χ2v) is 6.70. The van der Waals surface area contributed by atoms with Crippen molar-refractivity contribution >= 4 is 11.7 Å². The van der Waals surface area contributed by atoms with Crippen molar-refractivity contribution in [2.75, 3.05) is 11.9 Å². The predicted molar refractivity (Wildman–Crippen MR) is 95.6 cm³/mol. The number of fused-ring (bicyclic) bond motifs is 1. The van der Waals surface area contributed by atoms with Crippen molar-refractivity contribution in [1.82, 2.24) is 9.78 Å². The molecule has 25 heavy (non-hydrogen) atoms. The third-order valence-corrected chi connectivity index (χ3v) is 5.10. The van der Waals surface area contributed by atoms with E-state index in [4.69, 9.17) is 11.2 Å². The van der Waals surface area contributed by atoms with Gasteiger partial charge < -0.3 is 10.1 Å². The van der Waals surface area contributed by atoms with E-state index in [1.807, 2.05) is 35.1 Å². The molecule has 1 atom stereocenters. The molecule has 2 aromatic rings. The van der Waals surface area contributed by atoms with Crippen LogP contribution in [0.1, 0.15) is 55.2 Å². The van der Waals surface area contributed by atoms with Crippen molar-refractivity contribution in [2.24, 2.45) is 0 Å². The fourth-order valence-electron chi connectivity index (χ4n) is 3.91. The molecule has 5 nitrogen and oxygen atoms in total. The van der Waals surface area contributed by atoms with Crippen LogP contribution in [0.2, 0.25) is 0 Å². The summed E-state index contributed by atoms with van der Waals surface area (Å²) in [5.74, 6) is 4.09. The summed E-state index contributed by atoms with van der Waals surface area (Å²) in [5, 5.41) is 7.64. The number of ether oxygens (including phenoxy) is 1. The summed E-state index contributed by atoms with van der Waals surface area (Å²) < 4.78 is 7.55. The molecule has 1 N–H and O–H groups in total. The van der Waals surface area contributed by atoms with Crippen LogP contribution in [0.3, 0.4) is 0 Å². The Hall–Kier alpha value is -2.74. The van der Waals surface area contributed by atoms with Crippen molar-refractivity contribution in [3.8, 4) is 18.1 Å². The van der Waals surface area contributed by atoms with Gasteiger partial charge in [-0.3, -0.25) is 4.79 Å². The maximum Gasteiger partial charge on any atom is 0.226 e. The number of amides is 1. The summed E-state index contributed by atoms with van der Waals surface area (Å²) >= 11 is 0. The quantitative estimate of drug-likeness (QED) is 0.870. The molecule has 1 saturated carbocycles. The summed E-state index contributed by atoms with van der Waals surface area (Å²) in [6.07, 6.45) is 12.3. The van der Waals surface area contributed by atoms with Gasteiger partial charge in [0.2, 0.25) is 5.91 Å². The molecule has 1 aliphatic heterocycles. The number of hydrogen-bond acceptors (Lipinski definition) is 3. The van der Waals surface area contributed by atoms with Gasteiger partial charge in [-0.1, -0.05) is 30.9 Å². The lowest BCUT2D eigenvalue weighted by Gasteiger charge is -2.25. The van der Waals surface area contributed by atoms with Crippen LogP contribution < -0.4 is 10.1 Å². The largest absolute Gasteiger partial charge is 0.481 e. The van der Waals surface area contributed by atoms with Crippen LogP contribution >= 0.6 is 0 Å². The van der Waals surface area contributed by atoms with Crippen molar-refractivity contribution in [2.45, 2.75) is 44.1 Å². The number of anilines is 1.